The fraction of sp³-hybridized carbons (Fsp3) is 0.286. The first-order valence-electron chi connectivity index (χ1n) is 3.71. The summed E-state index contributed by atoms with van der Waals surface area (Å²) >= 11 is 3.16. The Bertz CT molecular complexity index is 370. The van der Waals surface area contributed by atoms with E-state index in [1.165, 1.54) is 0 Å². The molecule has 68 valence electrons. The molecule has 0 aliphatic heterocycles. The second kappa shape index (κ2) is 3.29. The molecule has 2 heterocycles. The topological polar surface area (TPSA) is 56.7 Å². The molecule has 2 aromatic rings. The molecular formula is C7H7BrN4O. The molecule has 0 saturated heterocycles. The zero-order chi connectivity index (χ0) is 9.26. The van der Waals surface area contributed by atoms with E-state index in [1.54, 1.807) is 11.0 Å². The predicted molar refractivity (Wildman–Crippen MR) is 48.1 cm³/mol. The highest BCUT2D eigenvalue weighted by atomic mass is 79.9. The van der Waals surface area contributed by atoms with Gasteiger partial charge in [0.05, 0.1) is 5.69 Å². The molecule has 6 heteroatoms. The Labute approximate surface area is 82.9 Å². The SMILES string of the molecule is Cc1cc(Cn2cnc(Br)n2)on1. The van der Waals surface area contributed by atoms with Gasteiger partial charge in [-0.2, -0.15) is 0 Å². The second-order valence-corrected chi connectivity index (χ2v) is 3.36. The highest BCUT2D eigenvalue weighted by molar-refractivity contribution is 9.10. The first kappa shape index (κ1) is 8.43. The largest absolute Gasteiger partial charge is 0.359 e. The molecule has 5 nitrogen and oxygen atoms in total. The minimum atomic E-state index is 0.555. The summed E-state index contributed by atoms with van der Waals surface area (Å²) in [6.45, 7) is 2.43. The second-order valence-electron chi connectivity index (χ2n) is 2.65. The first-order valence-corrected chi connectivity index (χ1v) is 4.50. The maximum absolute atomic E-state index is 5.02. The van der Waals surface area contributed by atoms with Gasteiger partial charge in [0.25, 0.3) is 0 Å². The molecule has 0 atom stereocenters. The van der Waals surface area contributed by atoms with Crippen LogP contribution in [0.2, 0.25) is 0 Å². The summed E-state index contributed by atoms with van der Waals surface area (Å²) in [4.78, 5) is 3.93. The Hall–Kier alpha value is -1.17. The van der Waals surface area contributed by atoms with Crippen LogP contribution in [0.4, 0.5) is 0 Å². The van der Waals surface area contributed by atoms with Crippen LogP contribution in [-0.4, -0.2) is 19.9 Å². The van der Waals surface area contributed by atoms with Gasteiger partial charge in [-0.15, -0.1) is 5.10 Å². The van der Waals surface area contributed by atoms with Crippen LogP contribution < -0.4 is 0 Å². The molecule has 2 rings (SSSR count). The summed E-state index contributed by atoms with van der Waals surface area (Å²) in [6, 6.07) is 1.87. The van der Waals surface area contributed by atoms with Crippen molar-refractivity contribution < 1.29 is 4.52 Å². The number of halogens is 1. The van der Waals surface area contributed by atoms with E-state index >= 15 is 0 Å². The highest BCUT2D eigenvalue weighted by Gasteiger charge is 2.02. The zero-order valence-corrected chi connectivity index (χ0v) is 8.52. The van der Waals surface area contributed by atoms with Crippen LogP contribution in [0.15, 0.2) is 21.7 Å². The van der Waals surface area contributed by atoms with E-state index in [-0.39, 0.29) is 0 Å². The fourth-order valence-corrected chi connectivity index (χ4v) is 1.29. The number of aryl methyl sites for hydroxylation is 1. The lowest BCUT2D eigenvalue weighted by molar-refractivity contribution is 0.368. The Morgan fingerprint density at radius 1 is 1.62 bits per heavy atom. The van der Waals surface area contributed by atoms with Crippen molar-refractivity contribution >= 4 is 15.9 Å². The van der Waals surface area contributed by atoms with Crippen LogP contribution in [0.1, 0.15) is 11.5 Å². The molecule has 0 radical (unpaired) electrons. The summed E-state index contributed by atoms with van der Waals surface area (Å²) in [7, 11) is 0. The lowest BCUT2D eigenvalue weighted by Crippen LogP contribution is -1.98. The van der Waals surface area contributed by atoms with Gasteiger partial charge in [0.1, 0.15) is 12.9 Å². The number of aromatic nitrogens is 4. The van der Waals surface area contributed by atoms with E-state index in [9.17, 15) is 0 Å². The quantitative estimate of drug-likeness (QED) is 0.799. The Morgan fingerprint density at radius 3 is 3.00 bits per heavy atom. The summed E-state index contributed by atoms with van der Waals surface area (Å²) in [5.74, 6) is 0.773. The van der Waals surface area contributed by atoms with Gasteiger partial charge in [-0.3, -0.25) is 0 Å². The average molecular weight is 243 g/mol. The van der Waals surface area contributed by atoms with Crippen molar-refractivity contribution in [3.05, 3.63) is 28.6 Å². The molecule has 0 spiro atoms. The van der Waals surface area contributed by atoms with Crippen molar-refractivity contribution in [2.24, 2.45) is 0 Å². The average Bonchev–Trinajstić information content (AvgIpc) is 2.62. The molecule has 0 fully saturated rings. The molecule has 0 bridgehead atoms. The van der Waals surface area contributed by atoms with Crippen LogP contribution >= 0.6 is 15.9 Å². The smallest absolute Gasteiger partial charge is 0.217 e. The van der Waals surface area contributed by atoms with E-state index in [0.717, 1.165) is 11.5 Å². The predicted octanol–water partition coefficient (Wildman–Crippen LogP) is 1.39. The van der Waals surface area contributed by atoms with E-state index in [4.69, 9.17) is 4.52 Å². The molecule has 0 aliphatic carbocycles. The van der Waals surface area contributed by atoms with Gasteiger partial charge in [0.15, 0.2) is 5.76 Å². The first-order chi connectivity index (χ1) is 6.24. The van der Waals surface area contributed by atoms with Crippen molar-refractivity contribution in [2.45, 2.75) is 13.5 Å². The molecule has 0 amide bonds. The van der Waals surface area contributed by atoms with Crippen LogP contribution in [-0.2, 0) is 6.54 Å². The van der Waals surface area contributed by atoms with Crippen molar-refractivity contribution in [3.63, 3.8) is 0 Å². The van der Waals surface area contributed by atoms with Gasteiger partial charge in [-0.25, -0.2) is 9.67 Å². The van der Waals surface area contributed by atoms with Crippen molar-refractivity contribution in [3.8, 4) is 0 Å². The lowest BCUT2D eigenvalue weighted by atomic mass is 10.4. The van der Waals surface area contributed by atoms with Crippen LogP contribution in [0.3, 0.4) is 0 Å². The van der Waals surface area contributed by atoms with Gasteiger partial charge in [-0.1, -0.05) is 5.16 Å². The van der Waals surface area contributed by atoms with Crippen molar-refractivity contribution in [1.29, 1.82) is 0 Å². The summed E-state index contributed by atoms with van der Waals surface area (Å²) < 4.78 is 7.27. The molecule has 13 heavy (non-hydrogen) atoms. The molecule has 2 aromatic heterocycles. The van der Waals surface area contributed by atoms with E-state index in [0.29, 0.717) is 11.3 Å². The maximum Gasteiger partial charge on any atom is 0.217 e. The van der Waals surface area contributed by atoms with Gasteiger partial charge >= 0.3 is 0 Å². The van der Waals surface area contributed by atoms with Crippen LogP contribution in [0.5, 0.6) is 0 Å². The molecule has 0 N–H and O–H groups in total. The maximum atomic E-state index is 5.02. The summed E-state index contributed by atoms with van der Waals surface area (Å²) in [6.07, 6.45) is 1.63. The highest BCUT2D eigenvalue weighted by Crippen LogP contribution is 2.05. The normalized spacial score (nSPS) is 10.6. The zero-order valence-electron chi connectivity index (χ0n) is 6.94. The number of nitrogens with zero attached hydrogens (tertiary/aromatic N) is 4. The molecule has 0 saturated carbocycles. The van der Waals surface area contributed by atoms with Crippen molar-refractivity contribution in [1.82, 2.24) is 19.9 Å². The summed E-state index contributed by atoms with van der Waals surface area (Å²) in [5, 5.41) is 7.82. The van der Waals surface area contributed by atoms with E-state index in [2.05, 4.69) is 31.2 Å². The van der Waals surface area contributed by atoms with E-state index < -0.39 is 0 Å². The van der Waals surface area contributed by atoms with Crippen molar-refractivity contribution in [2.75, 3.05) is 0 Å². The number of hydrogen-bond acceptors (Lipinski definition) is 4. The third-order valence-corrected chi connectivity index (χ3v) is 1.87. The van der Waals surface area contributed by atoms with Gasteiger partial charge in [0, 0.05) is 6.07 Å². The molecule has 0 aliphatic rings. The van der Waals surface area contributed by atoms with Gasteiger partial charge in [-0.05, 0) is 22.9 Å². The molecule has 0 unspecified atom stereocenters. The minimum absolute atomic E-state index is 0.555. The Morgan fingerprint density at radius 2 is 2.46 bits per heavy atom. The third kappa shape index (κ3) is 1.95. The monoisotopic (exact) mass is 242 g/mol. The van der Waals surface area contributed by atoms with Crippen LogP contribution in [0, 0.1) is 6.92 Å². The van der Waals surface area contributed by atoms with Gasteiger partial charge < -0.3 is 4.52 Å². The van der Waals surface area contributed by atoms with Gasteiger partial charge in [0.2, 0.25) is 4.73 Å². The Balaban J connectivity index is 2.14. The standard InChI is InChI=1S/C7H7BrN4O/c1-5-2-6(13-11-5)3-12-4-9-7(8)10-12/h2,4H,3H2,1H3. The minimum Gasteiger partial charge on any atom is -0.359 e. The number of rotatable bonds is 2. The van der Waals surface area contributed by atoms with E-state index in [1.807, 2.05) is 13.0 Å². The molecule has 0 aromatic carbocycles. The van der Waals surface area contributed by atoms with Crippen LogP contribution in [0.25, 0.3) is 0 Å². The lowest BCUT2D eigenvalue weighted by Gasteiger charge is -1.92. The Kier molecular flexibility index (Phi) is 2.13. The number of hydrogen-bond donors (Lipinski definition) is 0. The molecular weight excluding hydrogens is 236 g/mol. The summed E-state index contributed by atoms with van der Waals surface area (Å²) in [5.41, 5.74) is 0.870. The fourth-order valence-electron chi connectivity index (χ4n) is 0.999. The third-order valence-electron chi connectivity index (χ3n) is 1.50.